The molecule has 8 nitrogen and oxygen atoms in total. The van der Waals surface area contributed by atoms with Gasteiger partial charge in [-0.25, -0.2) is 0 Å². The van der Waals surface area contributed by atoms with Gasteiger partial charge in [0.05, 0.1) is 25.2 Å². The SMILES string of the molecule is COc1ccc(CCN[C@H]2CC[C@@]3(NC(C)=O)[C@H]4Cc5ccc(O)c6c5[C@@]3(CCN4CC3CC3)[C@H]2O6)cc1OC. The van der Waals surface area contributed by atoms with Gasteiger partial charge in [0.2, 0.25) is 5.91 Å². The zero-order chi connectivity index (χ0) is 27.6. The van der Waals surface area contributed by atoms with E-state index < -0.39 is 5.54 Å². The van der Waals surface area contributed by atoms with Gasteiger partial charge >= 0.3 is 0 Å². The lowest BCUT2D eigenvalue weighted by Gasteiger charge is -2.66. The number of nitrogens with one attached hydrogen (secondary N) is 2. The summed E-state index contributed by atoms with van der Waals surface area (Å²) < 4.78 is 17.7. The molecule has 2 bridgehead atoms. The zero-order valence-electron chi connectivity index (χ0n) is 23.8. The van der Waals surface area contributed by atoms with Crippen molar-refractivity contribution in [3.63, 3.8) is 0 Å². The lowest BCUT2D eigenvalue weighted by atomic mass is 9.46. The minimum Gasteiger partial charge on any atom is -0.504 e. The number of ether oxygens (including phenoxy) is 3. The van der Waals surface area contributed by atoms with Crippen LogP contribution in [-0.2, 0) is 23.1 Å². The summed E-state index contributed by atoms with van der Waals surface area (Å²) in [6.45, 7) is 4.55. The van der Waals surface area contributed by atoms with Crippen molar-refractivity contribution < 1.29 is 24.1 Å². The predicted molar refractivity (Wildman–Crippen MR) is 151 cm³/mol. The molecule has 3 aliphatic carbocycles. The Bertz CT molecular complexity index is 1330. The monoisotopic (exact) mass is 547 g/mol. The molecule has 0 aromatic heterocycles. The first-order chi connectivity index (χ1) is 19.4. The van der Waals surface area contributed by atoms with E-state index in [1.807, 2.05) is 12.1 Å². The molecule has 2 aliphatic heterocycles. The van der Waals surface area contributed by atoms with Crippen molar-refractivity contribution in [2.75, 3.05) is 33.9 Å². The van der Waals surface area contributed by atoms with E-state index in [2.05, 4.69) is 27.7 Å². The maximum atomic E-state index is 12.9. The van der Waals surface area contributed by atoms with Crippen LogP contribution in [-0.4, -0.2) is 73.5 Å². The normalized spacial score (nSPS) is 31.7. The lowest BCUT2D eigenvalue weighted by Crippen LogP contribution is -2.82. The lowest BCUT2D eigenvalue weighted by molar-refractivity contribution is -0.135. The topological polar surface area (TPSA) is 92.3 Å². The quantitative estimate of drug-likeness (QED) is 0.444. The number of methoxy groups -OCH3 is 2. The molecule has 2 aromatic carbocycles. The first-order valence-corrected chi connectivity index (χ1v) is 14.9. The largest absolute Gasteiger partial charge is 0.504 e. The molecule has 3 N–H and O–H groups in total. The highest BCUT2D eigenvalue weighted by molar-refractivity contribution is 5.76. The Balaban J connectivity index is 1.22. The molecule has 2 aromatic rings. The molecule has 40 heavy (non-hydrogen) atoms. The number of hydrogen-bond donors (Lipinski definition) is 3. The number of amides is 1. The molecule has 5 atom stereocenters. The second-order valence-corrected chi connectivity index (χ2v) is 12.6. The summed E-state index contributed by atoms with van der Waals surface area (Å²) in [4.78, 5) is 15.6. The van der Waals surface area contributed by atoms with Crippen molar-refractivity contribution in [2.45, 2.75) is 81.0 Å². The minimum atomic E-state index is -0.412. The Kier molecular flexibility index (Phi) is 6.20. The first kappa shape index (κ1) is 26.0. The highest BCUT2D eigenvalue weighted by atomic mass is 16.5. The van der Waals surface area contributed by atoms with Crippen LogP contribution in [0, 0.1) is 5.92 Å². The number of carbonyl (C=O) groups excluding carboxylic acids is 1. The second-order valence-electron chi connectivity index (χ2n) is 12.6. The van der Waals surface area contributed by atoms with Gasteiger partial charge in [-0.15, -0.1) is 0 Å². The van der Waals surface area contributed by atoms with Crippen LogP contribution in [0.1, 0.15) is 55.7 Å². The second kappa shape index (κ2) is 9.55. The van der Waals surface area contributed by atoms with E-state index in [1.54, 1.807) is 27.2 Å². The average molecular weight is 548 g/mol. The number of benzene rings is 2. The molecule has 2 heterocycles. The number of nitrogens with zero attached hydrogens (tertiary/aromatic N) is 1. The molecule has 1 amide bonds. The van der Waals surface area contributed by atoms with E-state index in [0.717, 1.165) is 74.7 Å². The van der Waals surface area contributed by atoms with Gasteiger partial charge in [-0.1, -0.05) is 12.1 Å². The average Bonchev–Trinajstić information content (AvgIpc) is 3.69. The molecular formula is C32H41N3O5. The Labute approximate surface area is 236 Å². The van der Waals surface area contributed by atoms with Crippen LogP contribution in [0.15, 0.2) is 30.3 Å². The van der Waals surface area contributed by atoms with E-state index in [9.17, 15) is 9.90 Å². The standard InChI is InChI=1S/C32H41N3O5/c1-19(36)34-32-12-10-23(33-14-11-20-6-9-25(38-2)26(16-20)39-3)30-31(32)13-15-35(18-21-4-5-21)27(32)17-22-7-8-24(37)29(40-30)28(22)31/h6-9,16,21,23,27,30,33,37H,4-5,10-15,17-18H2,1-3H3,(H,34,36)/t23-,27+,30-,31-,32+/m0/s1. The van der Waals surface area contributed by atoms with Crippen molar-refractivity contribution >= 4 is 5.91 Å². The van der Waals surface area contributed by atoms with Gasteiger partial charge < -0.3 is 30.0 Å². The summed E-state index contributed by atoms with van der Waals surface area (Å²) in [6.07, 6.45) is 6.89. The Morgan fingerprint density at radius 3 is 2.70 bits per heavy atom. The van der Waals surface area contributed by atoms with Crippen LogP contribution >= 0.6 is 0 Å². The summed E-state index contributed by atoms with van der Waals surface area (Å²) in [5.74, 6) is 3.12. The third-order valence-corrected chi connectivity index (χ3v) is 10.5. The van der Waals surface area contributed by atoms with E-state index in [1.165, 1.54) is 24.0 Å². The summed E-state index contributed by atoms with van der Waals surface area (Å²) in [5.41, 5.74) is 2.82. The van der Waals surface area contributed by atoms with Gasteiger partial charge in [0, 0.05) is 31.1 Å². The maximum absolute atomic E-state index is 12.9. The number of aromatic hydroxyl groups is 1. The summed E-state index contributed by atoms with van der Waals surface area (Å²) in [6, 6.07) is 10.3. The number of rotatable bonds is 9. The van der Waals surface area contributed by atoms with Crippen molar-refractivity contribution in [3.05, 3.63) is 47.0 Å². The van der Waals surface area contributed by atoms with Gasteiger partial charge in [-0.2, -0.15) is 0 Å². The zero-order valence-corrected chi connectivity index (χ0v) is 23.8. The van der Waals surface area contributed by atoms with Crippen LogP contribution in [0.4, 0.5) is 0 Å². The highest BCUT2D eigenvalue weighted by Crippen LogP contribution is 2.65. The summed E-state index contributed by atoms with van der Waals surface area (Å²) >= 11 is 0. The van der Waals surface area contributed by atoms with Gasteiger partial charge in [0.15, 0.2) is 23.0 Å². The molecule has 2 saturated carbocycles. The highest BCUT2D eigenvalue weighted by Gasteiger charge is 2.73. The number of piperidine rings is 1. The molecular weight excluding hydrogens is 506 g/mol. The summed E-state index contributed by atoms with van der Waals surface area (Å²) in [5, 5.41) is 18.4. The molecule has 8 heteroatoms. The molecule has 214 valence electrons. The fourth-order valence-corrected chi connectivity index (χ4v) is 8.74. The van der Waals surface area contributed by atoms with Crippen molar-refractivity contribution in [3.8, 4) is 23.0 Å². The van der Waals surface area contributed by atoms with Crippen LogP contribution in [0.25, 0.3) is 0 Å². The van der Waals surface area contributed by atoms with Gasteiger partial charge in [0.1, 0.15) is 6.10 Å². The van der Waals surface area contributed by atoms with Gasteiger partial charge in [-0.05, 0) is 93.3 Å². The molecule has 7 rings (SSSR count). The third-order valence-electron chi connectivity index (χ3n) is 10.5. The molecule has 5 aliphatic rings. The van der Waals surface area contributed by atoms with Crippen LogP contribution in [0.5, 0.6) is 23.0 Å². The van der Waals surface area contributed by atoms with E-state index >= 15 is 0 Å². The van der Waals surface area contributed by atoms with E-state index in [-0.39, 0.29) is 35.3 Å². The van der Waals surface area contributed by atoms with Crippen molar-refractivity contribution in [2.24, 2.45) is 5.92 Å². The molecule has 3 fully saturated rings. The number of carbonyl (C=O) groups is 1. The number of phenolic OH excluding ortho intramolecular Hbond substituents is 1. The third kappa shape index (κ3) is 3.75. The number of hydrogen-bond acceptors (Lipinski definition) is 7. The number of likely N-dealkylation sites (tertiary alicyclic amines) is 1. The van der Waals surface area contributed by atoms with Crippen LogP contribution in [0.3, 0.4) is 0 Å². The van der Waals surface area contributed by atoms with Gasteiger partial charge in [0.25, 0.3) is 0 Å². The maximum Gasteiger partial charge on any atom is 0.217 e. The molecule has 0 radical (unpaired) electrons. The smallest absolute Gasteiger partial charge is 0.217 e. The molecule has 1 spiro atoms. The van der Waals surface area contributed by atoms with E-state index in [0.29, 0.717) is 5.75 Å². The fraction of sp³-hybridized carbons (Fsp3) is 0.594. The molecule has 0 unspecified atom stereocenters. The first-order valence-electron chi connectivity index (χ1n) is 14.9. The predicted octanol–water partition coefficient (Wildman–Crippen LogP) is 3.32. The fourth-order valence-electron chi connectivity index (χ4n) is 8.74. The Morgan fingerprint density at radius 1 is 1.12 bits per heavy atom. The molecule has 1 saturated heterocycles. The Morgan fingerprint density at radius 2 is 1.95 bits per heavy atom. The number of phenols is 1. The summed E-state index contributed by atoms with van der Waals surface area (Å²) in [7, 11) is 3.31. The Hall–Kier alpha value is -2.97. The minimum absolute atomic E-state index is 0.0216. The van der Waals surface area contributed by atoms with Crippen LogP contribution < -0.4 is 24.8 Å². The van der Waals surface area contributed by atoms with E-state index in [4.69, 9.17) is 14.2 Å². The van der Waals surface area contributed by atoms with Gasteiger partial charge in [-0.3, -0.25) is 9.69 Å². The van der Waals surface area contributed by atoms with Crippen LogP contribution in [0.2, 0.25) is 0 Å². The van der Waals surface area contributed by atoms with Crippen molar-refractivity contribution in [1.29, 1.82) is 0 Å². The van der Waals surface area contributed by atoms with Crippen molar-refractivity contribution in [1.82, 2.24) is 15.5 Å².